The van der Waals surface area contributed by atoms with Gasteiger partial charge in [-0.25, -0.2) is 0 Å². The van der Waals surface area contributed by atoms with E-state index in [-0.39, 0.29) is 5.91 Å². The highest BCUT2D eigenvalue weighted by Crippen LogP contribution is 2.27. The van der Waals surface area contributed by atoms with Crippen LogP contribution in [0.25, 0.3) is 21.8 Å². The molecule has 2 heterocycles. The highest BCUT2D eigenvalue weighted by Gasteiger charge is 2.21. The molecule has 1 aliphatic heterocycles. The molecule has 3 N–H and O–H groups in total. The highest BCUT2D eigenvalue weighted by molar-refractivity contribution is 6.11. The molecule has 0 unspecified atom stereocenters. The van der Waals surface area contributed by atoms with Crippen LogP contribution in [0.15, 0.2) is 36.4 Å². The van der Waals surface area contributed by atoms with Crippen molar-refractivity contribution < 1.29 is 9.59 Å². The van der Waals surface area contributed by atoms with Crippen LogP contribution >= 0.6 is 0 Å². The molecular weight excluding hydrogens is 316 g/mol. The van der Waals surface area contributed by atoms with Crippen molar-refractivity contribution in [3.63, 3.8) is 0 Å². The Labute approximate surface area is 145 Å². The fourth-order valence-corrected chi connectivity index (χ4v) is 3.38. The molecule has 1 fully saturated rings. The standard InChI is InChI=1S/C19H20N4O2/c1-22-6-8-23(9-7-22)19(25)13-2-4-14-15-10-12(18(20)24)3-5-16(15)21-17(14)11-13/h2-5,10-11,21H,6-9H2,1H3,(H2,20,24). The van der Waals surface area contributed by atoms with Crippen LogP contribution in [0.3, 0.4) is 0 Å². The molecule has 0 saturated carbocycles. The third-order valence-corrected chi connectivity index (χ3v) is 4.92. The number of fused-ring (bicyclic) bond motifs is 3. The van der Waals surface area contributed by atoms with Gasteiger partial charge in [0.05, 0.1) is 0 Å². The number of aromatic amines is 1. The van der Waals surface area contributed by atoms with E-state index in [0.29, 0.717) is 11.1 Å². The number of primary amides is 1. The molecule has 0 spiro atoms. The first-order chi connectivity index (χ1) is 12.0. The second-order valence-electron chi connectivity index (χ2n) is 6.61. The molecule has 0 aliphatic carbocycles. The molecule has 3 aromatic rings. The summed E-state index contributed by atoms with van der Waals surface area (Å²) in [6.45, 7) is 3.30. The van der Waals surface area contributed by atoms with Crippen molar-refractivity contribution in [3.05, 3.63) is 47.5 Å². The van der Waals surface area contributed by atoms with Crippen LogP contribution in [0.1, 0.15) is 20.7 Å². The number of carbonyl (C=O) groups excluding carboxylic acids is 2. The first-order valence-corrected chi connectivity index (χ1v) is 8.36. The topological polar surface area (TPSA) is 82.4 Å². The third-order valence-electron chi connectivity index (χ3n) is 4.92. The fourth-order valence-electron chi connectivity index (χ4n) is 3.38. The Morgan fingerprint density at radius 3 is 2.36 bits per heavy atom. The number of rotatable bonds is 2. The second-order valence-corrected chi connectivity index (χ2v) is 6.61. The Bertz CT molecular complexity index is 984. The molecule has 2 amide bonds. The van der Waals surface area contributed by atoms with Gasteiger partial charge in [0.1, 0.15) is 0 Å². The third kappa shape index (κ3) is 2.74. The summed E-state index contributed by atoms with van der Waals surface area (Å²) in [6, 6.07) is 11.0. The van der Waals surface area contributed by atoms with Crippen LogP contribution < -0.4 is 5.73 Å². The van der Waals surface area contributed by atoms with Crippen molar-refractivity contribution in [3.8, 4) is 0 Å². The number of piperazine rings is 1. The van der Waals surface area contributed by atoms with Crippen molar-refractivity contribution in [1.29, 1.82) is 0 Å². The van der Waals surface area contributed by atoms with Crippen LogP contribution in [-0.2, 0) is 0 Å². The number of benzene rings is 2. The average molecular weight is 336 g/mol. The Morgan fingerprint density at radius 1 is 0.920 bits per heavy atom. The van der Waals surface area contributed by atoms with E-state index >= 15 is 0 Å². The summed E-state index contributed by atoms with van der Waals surface area (Å²) in [5.41, 5.74) is 8.33. The number of aromatic nitrogens is 1. The summed E-state index contributed by atoms with van der Waals surface area (Å²) in [6.07, 6.45) is 0. The van der Waals surface area contributed by atoms with Gasteiger partial charge >= 0.3 is 0 Å². The molecule has 6 heteroatoms. The van der Waals surface area contributed by atoms with Gasteiger partial charge < -0.3 is 20.5 Å². The number of nitrogens with one attached hydrogen (secondary N) is 1. The zero-order valence-corrected chi connectivity index (χ0v) is 14.1. The van der Waals surface area contributed by atoms with Crippen LogP contribution in [-0.4, -0.2) is 59.8 Å². The lowest BCUT2D eigenvalue weighted by molar-refractivity contribution is 0.0664. The lowest BCUT2D eigenvalue weighted by Gasteiger charge is -2.32. The summed E-state index contributed by atoms with van der Waals surface area (Å²) in [7, 11) is 2.07. The van der Waals surface area contributed by atoms with Gasteiger partial charge in [-0.15, -0.1) is 0 Å². The Morgan fingerprint density at radius 2 is 1.64 bits per heavy atom. The largest absolute Gasteiger partial charge is 0.366 e. The molecule has 0 bridgehead atoms. The summed E-state index contributed by atoms with van der Waals surface area (Å²) >= 11 is 0. The number of H-pyrrole nitrogens is 1. The van der Waals surface area contributed by atoms with Crippen LogP contribution in [0, 0.1) is 0 Å². The normalized spacial score (nSPS) is 15.8. The van der Waals surface area contributed by atoms with Crippen molar-refractivity contribution in [2.75, 3.05) is 33.2 Å². The Kier molecular flexibility index (Phi) is 3.69. The van der Waals surface area contributed by atoms with Gasteiger partial charge in [-0.05, 0) is 37.4 Å². The molecule has 25 heavy (non-hydrogen) atoms. The molecule has 1 saturated heterocycles. The summed E-state index contributed by atoms with van der Waals surface area (Å²) in [5.74, 6) is -0.385. The first-order valence-electron chi connectivity index (χ1n) is 8.36. The van der Waals surface area contributed by atoms with Gasteiger partial charge in [0, 0.05) is 59.1 Å². The molecule has 128 valence electrons. The maximum atomic E-state index is 12.7. The fraction of sp³-hybridized carbons (Fsp3) is 0.263. The zero-order chi connectivity index (χ0) is 17.6. The Hall–Kier alpha value is -2.86. The number of nitrogens with zero attached hydrogens (tertiary/aromatic N) is 2. The zero-order valence-electron chi connectivity index (χ0n) is 14.1. The van der Waals surface area contributed by atoms with Gasteiger partial charge in [-0.2, -0.15) is 0 Å². The average Bonchev–Trinajstić information content (AvgIpc) is 2.98. The van der Waals surface area contributed by atoms with E-state index < -0.39 is 5.91 Å². The first kappa shape index (κ1) is 15.7. The van der Waals surface area contributed by atoms with E-state index in [2.05, 4.69) is 16.9 Å². The minimum Gasteiger partial charge on any atom is -0.366 e. The number of hydrogen-bond acceptors (Lipinski definition) is 3. The van der Waals surface area contributed by atoms with E-state index in [4.69, 9.17) is 5.73 Å². The predicted molar refractivity (Wildman–Crippen MR) is 97.7 cm³/mol. The van der Waals surface area contributed by atoms with Gasteiger partial charge in [-0.3, -0.25) is 9.59 Å². The minimum absolute atomic E-state index is 0.0616. The van der Waals surface area contributed by atoms with Gasteiger partial charge in [0.2, 0.25) is 5.91 Å². The van der Waals surface area contributed by atoms with E-state index in [9.17, 15) is 9.59 Å². The Balaban J connectivity index is 1.71. The molecule has 6 nitrogen and oxygen atoms in total. The van der Waals surface area contributed by atoms with Crippen molar-refractivity contribution >= 4 is 33.6 Å². The maximum Gasteiger partial charge on any atom is 0.254 e. The van der Waals surface area contributed by atoms with Crippen LogP contribution in [0.5, 0.6) is 0 Å². The van der Waals surface area contributed by atoms with Crippen LogP contribution in [0.2, 0.25) is 0 Å². The smallest absolute Gasteiger partial charge is 0.254 e. The molecule has 0 atom stereocenters. The van der Waals surface area contributed by atoms with E-state index in [1.807, 2.05) is 29.2 Å². The van der Waals surface area contributed by atoms with Gasteiger partial charge in [-0.1, -0.05) is 6.07 Å². The molecule has 1 aliphatic rings. The number of carbonyl (C=O) groups is 2. The van der Waals surface area contributed by atoms with E-state index in [1.165, 1.54) is 0 Å². The van der Waals surface area contributed by atoms with Crippen molar-refractivity contribution in [2.45, 2.75) is 0 Å². The quantitative estimate of drug-likeness (QED) is 0.749. The predicted octanol–water partition coefficient (Wildman–Crippen LogP) is 1.81. The number of likely N-dealkylation sites (N-methyl/N-ethyl adjacent to an activating group) is 1. The maximum absolute atomic E-state index is 12.7. The molecule has 2 aromatic carbocycles. The highest BCUT2D eigenvalue weighted by atomic mass is 16.2. The summed E-state index contributed by atoms with van der Waals surface area (Å²) < 4.78 is 0. The van der Waals surface area contributed by atoms with Crippen LogP contribution in [0.4, 0.5) is 0 Å². The van der Waals surface area contributed by atoms with Crippen molar-refractivity contribution in [2.24, 2.45) is 5.73 Å². The minimum atomic E-state index is -0.446. The van der Waals surface area contributed by atoms with Crippen molar-refractivity contribution in [1.82, 2.24) is 14.8 Å². The summed E-state index contributed by atoms with van der Waals surface area (Å²) in [4.78, 5) is 31.6. The molecule has 4 rings (SSSR count). The second kappa shape index (κ2) is 5.89. The van der Waals surface area contributed by atoms with Gasteiger partial charge in [0.25, 0.3) is 5.91 Å². The molecule has 1 aromatic heterocycles. The SMILES string of the molecule is CN1CCN(C(=O)c2ccc3c(c2)[nH]c2ccc(C(N)=O)cc23)CC1. The number of nitrogens with two attached hydrogens (primary N) is 1. The van der Waals surface area contributed by atoms with Gasteiger partial charge in [0.15, 0.2) is 0 Å². The lowest BCUT2D eigenvalue weighted by atomic mass is 10.1. The number of amides is 2. The summed E-state index contributed by atoms with van der Waals surface area (Å²) in [5, 5.41) is 1.91. The molecular formula is C19H20N4O2. The monoisotopic (exact) mass is 336 g/mol. The van der Waals surface area contributed by atoms with E-state index in [0.717, 1.165) is 48.0 Å². The number of hydrogen-bond donors (Lipinski definition) is 2. The van der Waals surface area contributed by atoms with E-state index in [1.54, 1.807) is 12.1 Å². The molecule has 0 radical (unpaired) electrons. The lowest BCUT2D eigenvalue weighted by Crippen LogP contribution is -2.47.